The quantitative estimate of drug-likeness (QED) is 0.727. The first kappa shape index (κ1) is 10.3. The Labute approximate surface area is 99.9 Å². The fraction of sp³-hybridized carbons (Fsp3) is 0.214. The van der Waals surface area contributed by atoms with Crippen LogP contribution in [0.25, 0.3) is 16.4 Å². The molecule has 0 aliphatic carbocycles. The molecule has 0 saturated carbocycles. The first-order valence-electron chi connectivity index (χ1n) is 5.86. The Kier molecular flexibility index (Phi) is 2.34. The standard InChI is InChI=1S/C14H15N3/c1-10-13(6-8-15)17-9-7-11-4-2-3-5-12(11)14(17)16-10/h2-5,7,9H,6,8,15H2,1H3. The minimum atomic E-state index is 0.654. The van der Waals surface area contributed by atoms with Crippen molar-refractivity contribution in [2.45, 2.75) is 13.3 Å². The molecule has 3 nitrogen and oxygen atoms in total. The molecule has 0 atom stereocenters. The number of aromatic nitrogens is 2. The van der Waals surface area contributed by atoms with Crippen LogP contribution in [-0.2, 0) is 6.42 Å². The van der Waals surface area contributed by atoms with E-state index in [4.69, 9.17) is 5.73 Å². The lowest BCUT2D eigenvalue weighted by molar-refractivity contribution is 0.895. The van der Waals surface area contributed by atoms with E-state index in [-0.39, 0.29) is 0 Å². The van der Waals surface area contributed by atoms with Gasteiger partial charge in [-0.3, -0.25) is 0 Å². The summed E-state index contributed by atoms with van der Waals surface area (Å²) in [6, 6.07) is 10.5. The molecule has 2 heterocycles. The highest BCUT2D eigenvalue weighted by Crippen LogP contribution is 2.21. The Morgan fingerprint density at radius 2 is 2.06 bits per heavy atom. The first-order valence-corrected chi connectivity index (χ1v) is 5.86. The molecule has 3 rings (SSSR count). The SMILES string of the molecule is Cc1nc2c3ccccc3ccn2c1CCN. The van der Waals surface area contributed by atoms with Crippen LogP contribution in [0.15, 0.2) is 36.5 Å². The second kappa shape index (κ2) is 3.86. The Bertz CT molecular complexity index is 682. The summed E-state index contributed by atoms with van der Waals surface area (Å²) in [5, 5.41) is 2.42. The number of nitrogens with two attached hydrogens (primary N) is 1. The maximum atomic E-state index is 5.65. The van der Waals surface area contributed by atoms with E-state index in [0.29, 0.717) is 6.54 Å². The Hall–Kier alpha value is -1.87. The first-order chi connectivity index (χ1) is 8.31. The number of hydrogen-bond acceptors (Lipinski definition) is 2. The van der Waals surface area contributed by atoms with Gasteiger partial charge in [0.05, 0.1) is 5.69 Å². The molecule has 2 N–H and O–H groups in total. The van der Waals surface area contributed by atoms with Crippen molar-refractivity contribution in [3.8, 4) is 0 Å². The third kappa shape index (κ3) is 1.51. The summed E-state index contributed by atoms with van der Waals surface area (Å²) in [6.07, 6.45) is 2.95. The van der Waals surface area contributed by atoms with E-state index in [2.05, 4.69) is 45.9 Å². The van der Waals surface area contributed by atoms with Gasteiger partial charge in [-0.2, -0.15) is 0 Å². The van der Waals surface area contributed by atoms with Gasteiger partial charge in [0.15, 0.2) is 0 Å². The van der Waals surface area contributed by atoms with Crippen LogP contribution in [-0.4, -0.2) is 15.9 Å². The molecule has 3 heteroatoms. The van der Waals surface area contributed by atoms with Gasteiger partial charge in [-0.25, -0.2) is 4.98 Å². The molecule has 0 aliphatic rings. The van der Waals surface area contributed by atoms with Crippen molar-refractivity contribution in [3.63, 3.8) is 0 Å². The summed E-state index contributed by atoms with van der Waals surface area (Å²) < 4.78 is 2.16. The van der Waals surface area contributed by atoms with Crippen LogP contribution in [0.2, 0.25) is 0 Å². The molecule has 86 valence electrons. The number of pyridine rings is 1. The van der Waals surface area contributed by atoms with Gasteiger partial charge in [0.25, 0.3) is 0 Å². The maximum absolute atomic E-state index is 5.65. The zero-order valence-electron chi connectivity index (χ0n) is 9.85. The van der Waals surface area contributed by atoms with Crippen LogP contribution < -0.4 is 5.73 Å². The molecule has 0 radical (unpaired) electrons. The monoisotopic (exact) mass is 225 g/mol. The predicted molar refractivity (Wildman–Crippen MR) is 70.2 cm³/mol. The van der Waals surface area contributed by atoms with Crippen molar-refractivity contribution in [1.82, 2.24) is 9.38 Å². The summed E-state index contributed by atoms with van der Waals surface area (Å²) in [4.78, 5) is 4.67. The zero-order valence-corrected chi connectivity index (χ0v) is 9.85. The highest BCUT2D eigenvalue weighted by molar-refractivity contribution is 5.94. The lowest BCUT2D eigenvalue weighted by Crippen LogP contribution is -2.06. The van der Waals surface area contributed by atoms with E-state index in [1.165, 1.54) is 16.5 Å². The second-order valence-electron chi connectivity index (χ2n) is 4.28. The van der Waals surface area contributed by atoms with Crippen molar-refractivity contribution in [1.29, 1.82) is 0 Å². The topological polar surface area (TPSA) is 43.3 Å². The van der Waals surface area contributed by atoms with E-state index in [0.717, 1.165) is 17.8 Å². The van der Waals surface area contributed by atoms with Crippen molar-refractivity contribution in [2.75, 3.05) is 6.54 Å². The van der Waals surface area contributed by atoms with Gasteiger partial charge >= 0.3 is 0 Å². The minimum absolute atomic E-state index is 0.654. The normalized spacial score (nSPS) is 11.4. The van der Waals surface area contributed by atoms with Gasteiger partial charge < -0.3 is 10.1 Å². The van der Waals surface area contributed by atoms with Gasteiger partial charge in [0.1, 0.15) is 5.65 Å². The zero-order chi connectivity index (χ0) is 11.8. The summed E-state index contributed by atoms with van der Waals surface area (Å²) in [6.45, 7) is 2.70. The van der Waals surface area contributed by atoms with Crippen LogP contribution >= 0.6 is 0 Å². The molecule has 1 aromatic carbocycles. The van der Waals surface area contributed by atoms with Crippen LogP contribution in [0.5, 0.6) is 0 Å². The lowest BCUT2D eigenvalue weighted by Gasteiger charge is -2.03. The van der Waals surface area contributed by atoms with Crippen molar-refractivity contribution in [2.24, 2.45) is 5.73 Å². The molecule has 0 saturated heterocycles. The molecular formula is C14H15N3. The number of rotatable bonds is 2. The Morgan fingerprint density at radius 1 is 1.24 bits per heavy atom. The fourth-order valence-electron chi connectivity index (χ4n) is 2.37. The van der Waals surface area contributed by atoms with Crippen LogP contribution in [0.3, 0.4) is 0 Å². The molecule has 0 fully saturated rings. The second-order valence-corrected chi connectivity index (χ2v) is 4.28. The fourth-order valence-corrected chi connectivity index (χ4v) is 2.37. The molecule has 0 unspecified atom stereocenters. The van der Waals surface area contributed by atoms with E-state index < -0.39 is 0 Å². The summed E-state index contributed by atoms with van der Waals surface area (Å²) in [5.74, 6) is 0. The van der Waals surface area contributed by atoms with E-state index >= 15 is 0 Å². The molecule has 17 heavy (non-hydrogen) atoms. The predicted octanol–water partition coefficient (Wildman–Crippen LogP) is 2.30. The van der Waals surface area contributed by atoms with Crippen molar-refractivity contribution >= 4 is 16.4 Å². The van der Waals surface area contributed by atoms with E-state index in [9.17, 15) is 0 Å². The third-order valence-corrected chi connectivity index (χ3v) is 3.20. The van der Waals surface area contributed by atoms with Crippen molar-refractivity contribution in [3.05, 3.63) is 47.9 Å². The molecule has 0 bridgehead atoms. The van der Waals surface area contributed by atoms with E-state index in [1.54, 1.807) is 0 Å². The Morgan fingerprint density at radius 3 is 2.88 bits per heavy atom. The number of fused-ring (bicyclic) bond motifs is 3. The Balaban J connectivity index is 2.40. The number of nitrogens with zero attached hydrogens (tertiary/aromatic N) is 2. The smallest absolute Gasteiger partial charge is 0.145 e. The molecule has 0 aliphatic heterocycles. The van der Waals surface area contributed by atoms with Crippen molar-refractivity contribution < 1.29 is 0 Å². The third-order valence-electron chi connectivity index (χ3n) is 3.20. The summed E-state index contributed by atoms with van der Waals surface area (Å²) >= 11 is 0. The van der Waals surface area contributed by atoms with Gasteiger partial charge in [0, 0.05) is 23.7 Å². The van der Waals surface area contributed by atoms with Crippen LogP contribution in [0, 0.1) is 6.92 Å². The van der Waals surface area contributed by atoms with Gasteiger partial charge in [0.2, 0.25) is 0 Å². The molecule has 2 aromatic heterocycles. The van der Waals surface area contributed by atoms with E-state index in [1.807, 2.05) is 6.92 Å². The van der Waals surface area contributed by atoms with Crippen LogP contribution in [0.4, 0.5) is 0 Å². The van der Waals surface area contributed by atoms with Gasteiger partial charge in [-0.1, -0.05) is 24.3 Å². The molecule has 3 aromatic rings. The average molecular weight is 225 g/mol. The summed E-state index contributed by atoms with van der Waals surface area (Å²) in [7, 11) is 0. The summed E-state index contributed by atoms with van der Waals surface area (Å²) in [5.41, 5.74) is 8.97. The molecule has 0 spiro atoms. The highest BCUT2D eigenvalue weighted by Gasteiger charge is 2.09. The number of imidazole rings is 1. The molecule has 0 amide bonds. The van der Waals surface area contributed by atoms with Gasteiger partial charge in [-0.05, 0) is 24.9 Å². The molecular weight excluding hydrogens is 210 g/mol. The average Bonchev–Trinajstić information content (AvgIpc) is 2.67. The number of hydrogen-bond donors (Lipinski definition) is 1. The van der Waals surface area contributed by atoms with Crippen LogP contribution in [0.1, 0.15) is 11.4 Å². The largest absolute Gasteiger partial charge is 0.330 e. The maximum Gasteiger partial charge on any atom is 0.145 e. The number of aryl methyl sites for hydroxylation is 1. The van der Waals surface area contributed by atoms with Gasteiger partial charge in [-0.15, -0.1) is 0 Å². The highest BCUT2D eigenvalue weighted by atomic mass is 15.0. The minimum Gasteiger partial charge on any atom is -0.330 e. The lowest BCUT2D eigenvalue weighted by atomic mass is 10.2. The number of benzene rings is 1.